The molecule has 1 aromatic rings. The van der Waals surface area contributed by atoms with E-state index in [0.29, 0.717) is 12.2 Å². The predicted molar refractivity (Wildman–Crippen MR) is 112 cm³/mol. The number of pyridine rings is 1. The summed E-state index contributed by atoms with van der Waals surface area (Å²) in [5.74, 6) is 2.90. The average Bonchev–Trinajstić information content (AvgIpc) is 3.48. The molecule has 1 amide bonds. The molecule has 1 aromatic heterocycles. The number of anilines is 1. The Kier molecular flexibility index (Phi) is 8.45. The van der Waals surface area contributed by atoms with Gasteiger partial charge in [-0.2, -0.15) is 16.9 Å². The molecule has 0 bridgehead atoms. The molecule has 142 valence electrons. The molecule has 1 aliphatic rings. The fourth-order valence-corrected chi connectivity index (χ4v) is 4.02. The Balaban J connectivity index is 1.97. The van der Waals surface area contributed by atoms with Gasteiger partial charge in [-0.1, -0.05) is 24.6 Å². The molecule has 1 fully saturated rings. The van der Waals surface area contributed by atoms with Crippen LogP contribution >= 0.6 is 23.4 Å². The summed E-state index contributed by atoms with van der Waals surface area (Å²) in [5.41, 5.74) is 4.23. The maximum absolute atomic E-state index is 12.9. The third-order valence-corrected chi connectivity index (χ3v) is 5.86. The van der Waals surface area contributed by atoms with Crippen molar-refractivity contribution in [1.29, 1.82) is 0 Å². The molecule has 7 heteroatoms. The molecule has 26 heavy (non-hydrogen) atoms. The highest BCUT2D eigenvalue weighted by Crippen LogP contribution is 2.33. The first-order valence-corrected chi connectivity index (χ1v) is 10.5. The van der Waals surface area contributed by atoms with Gasteiger partial charge in [0.1, 0.15) is 0 Å². The molecular weight excluding hydrogens is 368 g/mol. The molecule has 1 atom stereocenters. The fraction of sp³-hybridized carbons (Fsp3) is 0.526. The molecule has 0 radical (unpaired) electrons. The van der Waals surface area contributed by atoms with Crippen LogP contribution in [0.25, 0.3) is 0 Å². The van der Waals surface area contributed by atoms with E-state index in [-0.39, 0.29) is 17.0 Å². The molecule has 1 heterocycles. The van der Waals surface area contributed by atoms with E-state index in [1.165, 1.54) is 12.8 Å². The molecule has 0 saturated heterocycles. The van der Waals surface area contributed by atoms with Crippen molar-refractivity contribution in [2.24, 2.45) is 16.9 Å². The highest BCUT2D eigenvalue weighted by Gasteiger charge is 2.26. The van der Waals surface area contributed by atoms with E-state index in [4.69, 9.17) is 11.6 Å². The first-order valence-electron chi connectivity index (χ1n) is 9.01. The Morgan fingerprint density at radius 2 is 2.35 bits per heavy atom. The number of nitrogens with zero attached hydrogens (tertiary/aromatic N) is 3. The van der Waals surface area contributed by atoms with Crippen LogP contribution in [0.2, 0.25) is 0 Å². The van der Waals surface area contributed by atoms with Gasteiger partial charge in [0.2, 0.25) is 5.91 Å². The minimum absolute atomic E-state index is 0.0515. The highest BCUT2D eigenvalue weighted by molar-refractivity contribution is 7.99. The number of thioether (sulfide) groups is 1. The van der Waals surface area contributed by atoms with E-state index in [2.05, 4.69) is 15.5 Å². The second-order valence-electron chi connectivity index (χ2n) is 6.39. The Morgan fingerprint density at radius 3 is 2.92 bits per heavy atom. The van der Waals surface area contributed by atoms with Crippen LogP contribution in [0.5, 0.6) is 0 Å². The normalized spacial score (nSPS) is 16.3. The molecule has 0 spiro atoms. The molecule has 0 aromatic carbocycles. The van der Waals surface area contributed by atoms with Crippen molar-refractivity contribution in [2.45, 2.75) is 33.6 Å². The van der Waals surface area contributed by atoms with Crippen molar-refractivity contribution in [3.8, 4) is 0 Å². The van der Waals surface area contributed by atoms with E-state index in [0.717, 1.165) is 23.1 Å². The number of carbonyl (C=O) groups excluding carboxylic acids is 1. The van der Waals surface area contributed by atoms with Crippen molar-refractivity contribution in [2.75, 3.05) is 23.5 Å². The minimum atomic E-state index is -0.0515. The Labute approximate surface area is 165 Å². The number of rotatable bonds is 10. The van der Waals surface area contributed by atoms with E-state index in [1.54, 1.807) is 17.3 Å². The largest absolute Gasteiger partial charge is 0.310 e. The van der Waals surface area contributed by atoms with Gasteiger partial charge in [0.15, 0.2) is 5.17 Å². The number of hydrogen-bond acceptors (Lipinski definition) is 5. The number of hydrogen-bond donors (Lipinski definition) is 1. The lowest BCUT2D eigenvalue weighted by Gasteiger charge is -2.26. The predicted octanol–water partition coefficient (Wildman–Crippen LogP) is 4.58. The third-order valence-electron chi connectivity index (χ3n) is 4.14. The second-order valence-corrected chi connectivity index (χ2v) is 7.83. The maximum atomic E-state index is 12.9. The molecule has 1 unspecified atom stereocenters. The van der Waals surface area contributed by atoms with Gasteiger partial charge in [-0.05, 0) is 50.5 Å². The van der Waals surface area contributed by atoms with Crippen molar-refractivity contribution < 1.29 is 4.79 Å². The van der Waals surface area contributed by atoms with E-state index < -0.39 is 0 Å². The number of allylic oxidation sites excluding steroid dienone is 2. The molecule has 0 aliphatic heterocycles. The molecule has 1 N–H and O–H groups in total. The van der Waals surface area contributed by atoms with Gasteiger partial charge < -0.3 is 4.90 Å². The standard InChI is InChI=1S/C19H27ClN4OS/c1-4-17(18(20)23-22-16-7-6-10-21-11-16)24(5-2)19(25)14(3)12-26-13-15-8-9-15/h4,6-7,10-11,14-15,22H,5,8-9,12-13H2,1-3H3/b17-4+,23-18+. The van der Waals surface area contributed by atoms with Gasteiger partial charge in [-0.25, -0.2) is 0 Å². The quantitative estimate of drug-likeness (QED) is 0.466. The average molecular weight is 395 g/mol. The van der Waals surface area contributed by atoms with Gasteiger partial charge >= 0.3 is 0 Å². The minimum Gasteiger partial charge on any atom is -0.310 e. The van der Waals surface area contributed by atoms with Gasteiger partial charge in [0, 0.05) is 24.4 Å². The summed E-state index contributed by atoms with van der Waals surface area (Å²) in [5, 5.41) is 4.45. The van der Waals surface area contributed by atoms with Gasteiger partial charge in [-0.15, -0.1) is 0 Å². The van der Waals surface area contributed by atoms with E-state index >= 15 is 0 Å². The summed E-state index contributed by atoms with van der Waals surface area (Å²) in [6.07, 6.45) is 7.85. The molecule has 2 rings (SSSR count). The summed E-state index contributed by atoms with van der Waals surface area (Å²) in [6, 6.07) is 3.66. The first-order chi connectivity index (χ1) is 12.6. The van der Waals surface area contributed by atoms with Crippen LogP contribution in [0.3, 0.4) is 0 Å². The lowest BCUT2D eigenvalue weighted by molar-refractivity contribution is -0.131. The number of carbonyl (C=O) groups is 1. The van der Waals surface area contributed by atoms with Crippen LogP contribution in [0.4, 0.5) is 5.69 Å². The molecule has 1 saturated carbocycles. The number of halogens is 1. The second kappa shape index (κ2) is 10.6. The fourth-order valence-electron chi connectivity index (χ4n) is 2.46. The van der Waals surface area contributed by atoms with Crippen molar-refractivity contribution in [3.63, 3.8) is 0 Å². The Bertz CT molecular complexity index is 646. The number of aromatic nitrogens is 1. The Hall–Kier alpha value is -1.53. The third kappa shape index (κ3) is 6.32. The van der Waals surface area contributed by atoms with Crippen LogP contribution in [0.1, 0.15) is 33.6 Å². The van der Waals surface area contributed by atoms with E-state index in [9.17, 15) is 4.79 Å². The lowest BCUT2D eigenvalue weighted by atomic mass is 10.1. The molecular formula is C19H27ClN4OS. The van der Waals surface area contributed by atoms with Crippen LogP contribution in [0, 0.1) is 11.8 Å². The van der Waals surface area contributed by atoms with Crippen LogP contribution < -0.4 is 5.43 Å². The maximum Gasteiger partial charge on any atom is 0.230 e. The molecule has 5 nitrogen and oxygen atoms in total. The van der Waals surface area contributed by atoms with Crippen LogP contribution in [-0.2, 0) is 4.79 Å². The van der Waals surface area contributed by atoms with Crippen molar-refractivity contribution >= 4 is 40.1 Å². The number of amides is 1. The number of nitrogens with one attached hydrogen (secondary N) is 1. The topological polar surface area (TPSA) is 57.6 Å². The molecule has 1 aliphatic carbocycles. The lowest BCUT2D eigenvalue weighted by Crippen LogP contribution is -2.37. The van der Waals surface area contributed by atoms with Crippen molar-refractivity contribution in [3.05, 3.63) is 36.3 Å². The summed E-state index contributed by atoms with van der Waals surface area (Å²) >= 11 is 8.25. The van der Waals surface area contributed by atoms with Gasteiger partial charge in [-0.3, -0.25) is 15.2 Å². The summed E-state index contributed by atoms with van der Waals surface area (Å²) in [7, 11) is 0. The zero-order valence-corrected chi connectivity index (χ0v) is 17.2. The number of hydrazone groups is 1. The van der Waals surface area contributed by atoms with Gasteiger partial charge in [0.05, 0.1) is 17.6 Å². The first kappa shape index (κ1) is 20.8. The summed E-state index contributed by atoms with van der Waals surface area (Å²) in [6.45, 7) is 6.34. The van der Waals surface area contributed by atoms with Gasteiger partial charge in [0.25, 0.3) is 0 Å². The highest BCUT2D eigenvalue weighted by atomic mass is 35.5. The van der Waals surface area contributed by atoms with Crippen molar-refractivity contribution in [1.82, 2.24) is 9.88 Å². The van der Waals surface area contributed by atoms with Crippen LogP contribution in [-0.4, -0.2) is 39.0 Å². The van der Waals surface area contributed by atoms with Crippen LogP contribution in [0.15, 0.2) is 41.4 Å². The zero-order chi connectivity index (χ0) is 18.9. The summed E-state index contributed by atoms with van der Waals surface area (Å²) < 4.78 is 0. The van der Waals surface area contributed by atoms with E-state index in [1.807, 2.05) is 50.7 Å². The zero-order valence-electron chi connectivity index (χ0n) is 15.6. The Morgan fingerprint density at radius 1 is 1.58 bits per heavy atom. The summed E-state index contributed by atoms with van der Waals surface area (Å²) in [4.78, 5) is 18.6. The monoisotopic (exact) mass is 394 g/mol. The smallest absolute Gasteiger partial charge is 0.230 e. The SMILES string of the molecule is C/C=C(\C(Cl)=N/Nc1cccnc1)N(CC)C(=O)C(C)CSCC1CC1.